The van der Waals surface area contributed by atoms with E-state index in [4.69, 9.17) is 14.2 Å². The lowest BCUT2D eigenvalue weighted by Gasteiger charge is -2.41. The highest BCUT2D eigenvalue weighted by Crippen LogP contribution is 2.42. The van der Waals surface area contributed by atoms with Gasteiger partial charge in [0, 0.05) is 18.1 Å². The normalized spacial score (nSPS) is 18.2. The van der Waals surface area contributed by atoms with Gasteiger partial charge in [-0.05, 0) is 38.0 Å². The molecule has 0 unspecified atom stereocenters. The Bertz CT molecular complexity index is 1130. The summed E-state index contributed by atoms with van der Waals surface area (Å²) in [6.07, 6.45) is 2.22. The quantitative estimate of drug-likeness (QED) is 0.626. The van der Waals surface area contributed by atoms with Gasteiger partial charge in [0.05, 0.1) is 17.5 Å². The van der Waals surface area contributed by atoms with Gasteiger partial charge < -0.3 is 19.5 Å². The second-order valence-corrected chi connectivity index (χ2v) is 10.5. The number of carbonyl (C=O) groups is 1. The molecule has 0 saturated carbocycles. The van der Waals surface area contributed by atoms with Crippen molar-refractivity contribution in [3.63, 3.8) is 0 Å². The molecule has 0 aromatic heterocycles. The summed E-state index contributed by atoms with van der Waals surface area (Å²) in [4.78, 5) is 13.2. The Morgan fingerprint density at radius 1 is 1.06 bits per heavy atom. The zero-order chi connectivity index (χ0) is 23.6. The van der Waals surface area contributed by atoms with E-state index in [2.05, 4.69) is 19.2 Å². The second kappa shape index (κ2) is 9.13. The van der Waals surface area contributed by atoms with E-state index in [-0.39, 0.29) is 36.6 Å². The van der Waals surface area contributed by atoms with Crippen molar-refractivity contribution in [1.29, 1.82) is 0 Å². The first-order valence-electron chi connectivity index (χ1n) is 11.3. The average Bonchev–Trinajstić information content (AvgIpc) is 3.30. The standard InChI is InChI=1S/C24H30N2O6S/c1-4-24(5-2)14-19(18-9-7-8-10-20(18)32-24)25-23(27)15-26(33(28,29)6-3)17-11-12-21-22(13-17)31-16-30-21/h7-13,19H,4-6,14-16H2,1-3H3,(H,25,27)/t19-/m0/s1. The predicted molar refractivity (Wildman–Crippen MR) is 125 cm³/mol. The van der Waals surface area contributed by atoms with Crippen molar-refractivity contribution in [2.45, 2.75) is 51.7 Å². The van der Waals surface area contributed by atoms with E-state index in [1.54, 1.807) is 25.1 Å². The maximum Gasteiger partial charge on any atom is 0.241 e. The topological polar surface area (TPSA) is 94.2 Å². The van der Waals surface area contributed by atoms with Crippen molar-refractivity contribution in [3.05, 3.63) is 48.0 Å². The van der Waals surface area contributed by atoms with E-state index in [9.17, 15) is 13.2 Å². The molecule has 0 fully saturated rings. The fourth-order valence-electron chi connectivity index (χ4n) is 4.35. The van der Waals surface area contributed by atoms with Gasteiger partial charge in [0.2, 0.25) is 22.7 Å². The fraction of sp³-hybridized carbons (Fsp3) is 0.458. The van der Waals surface area contributed by atoms with Crippen LogP contribution in [0.4, 0.5) is 5.69 Å². The smallest absolute Gasteiger partial charge is 0.241 e. The van der Waals surface area contributed by atoms with Crippen LogP contribution in [-0.2, 0) is 14.8 Å². The summed E-state index contributed by atoms with van der Waals surface area (Å²) in [5.74, 6) is 1.24. The number of benzene rings is 2. The van der Waals surface area contributed by atoms with E-state index in [1.807, 2.05) is 24.3 Å². The molecule has 8 nitrogen and oxygen atoms in total. The van der Waals surface area contributed by atoms with Gasteiger partial charge in [-0.3, -0.25) is 9.10 Å². The first-order chi connectivity index (χ1) is 15.8. The molecule has 2 aliphatic rings. The van der Waals surface area contributed by atoms with E-state index < -0.39 is 10.0 Å². The summed E-state index contributed by atoms with van der Waals surface area (Å²) in [6, 6.07) is 12.3. The van der Waals surface area contributed by atoms with E-state index in [0.29, 0.717) is 23.6 Å². The number of fused-ring (bicyclic) bond motifs is 2. The molecule has 2 aliphatic heterocycles. The third-order valence-corrected chi connectivity index (χ3v) is 8.19. The van der Waals surface area contributed by atoms with Crippen molar-refractivity contribution in [2.75, 3.05) is 23.4 Å². The molecule has 1 N–H and O–H groups in total. The van der Waals surface area contributed by atoms with Crippen molar-refractivity contribution >= 4 is 21.6 Å². The molecule has 178 valence electrons. The van der Waals surface area contributed by atoms with Crippen LogP contribution in [-0.4, -0.2) is 39.0 Å². The van der Waals surface area contributed by atoms with Gasteiger partial charge in [-0.1, -0.05) is 32.0 Å². The van der Waals surface area contributed by atoms with E-state index in [0.717, 1.165) is 28.5 Å². The summed E-state index contributed by atoms with van der Waals surface area (Å²) in [5, 5.41) is 3.07. The van der Waals surface area contributed by atoms with Crippen LogP contribution in [0.1, 0.15) is 51.6 Å². The average molecular weight is 475 g/mol. The molecular formula is C24H30N2O6S. The first-order valence-corrected chi connectivity index (χ1v) is 12.9. The molecule has 2 heterocycles. The minimum atomic E-state index is -3.71. The lowest BCUT2D eigenvalue weighted by atomic mass is 9.83. The van der Waals surface area contributed by atoms with Gasteiger partial charge >= 0.3 is 0 Å². The number of ether oxygens (including phenoxy) is 3. The molecule has 0 spiro atoms. The lowest BCUT2D eigenvalue weighted by Crippen LogP contribution is -2.47. The molecule has 9 heteroatoms. The van der Waals surface area contributed by atoms with Crippen molar-refractivity contribution < 1.29 is 27.4 Å². The van der Waals surface area contributed by atoms with Gasteiger partial charge in [0.25, 0.3) is 0 Å². The Morgan fingerprint density at radius 3 is 2.52 bits per heavy atom. The lowest BCUT2D eigenvalue weighted by molar-refractivity contribution is -0.121. The highest BCUT2D eigenvalue weighted by molar-refractivity contribution is 7.92. The number of anilines is 1. The Balaban J connectivity index is 1.59. The number of rotatable bonds is 8. The minimum Gasteiger partial charge on any atom is -0.487 e. The number of para-hydroxylation sites is 1. The van der Waals surface area contributed by atoms with Crippen LogP contribution in [0.15, 0.2) is 42.5 Å². The van der Waals surface area contributed by atoms with Crippen LogP contribution in [0.3, 0.4) is 0 Å². The molecular weight excluding hydrogens is 444 g/mol. The largest absolute Gasteiger partial charge is 0.487 e. The molecule has 0 radical (unpaired) electrons. The van der Waals surface area contributed by atoms with Crippen LogP contribution in [0.25, 0.3) is 0 Å². The summed E-state index contributed by atoms with van der Waals surface area (Å²) < 4.78 is 43.9. The molecule has 2 aromatic rings. The Labute approximate surface area is 194 Å². The maximum atomic E-state index is 13.2. The second-order valence-electron chi connectivity index (χ2n) is 8.30. The van der Waals surface area contributed by atoms with E-state index in [1.165, 1.54) is 0 Å². The maximum absolute atomic E-state index is 13.2. The fourth-order valence-corrected chi connectivity index (χ4v) is 5.41. The number of amides is 1. The van der Waals surface area contributed by atoms with Gasteiger partial charge in [-0.25, -0.2) is 8.42 Å². The third-order valence-electron chi connectivity index (χ3n) is 6.45. The molecule has 0 saturated heterocycles. The SMILES string of the molecule is CCC1(CC)C[C@H](NC(=O)CN(c2ccc3c(c2)OCO3)S(=O)(=O)CC)c2ccccc2O1. The van der Waals surface area contributed by atoms with Gasteiger partial charge in [0.15, 0.2) is 11.5 Å². The van der Waals surface area contributed by atoms with Gasteiger partial charge in [-0.2, -0.15) is 0 Å². The van der Waals surface area contributed by atoms with Gasteiger partial charge in [0.1, 0.15) is 17.9 Å². The van der Waals surface area contributed by atoms with Crippen molar-refractivity contribution in [2.24, 2.45) is 0 Å². The molecule has 33 heavy (non-hydrogen) atoms. The number of carbonyl (C=O) groups excluding carboxylic acids is 1. The Kier molecular flexibility index (Phi) is 6.43. The molecule has 4 rings (SSSR count). The van der Waals surface area contributed by atoms with Crippen LogP contribution >= 0.6 is 0 Å². The summed E-state index contributed by atoms with van der Waals surface area (Å²) in [6.45, 7) is 5.45. The first kappa shape index (κ1) is 23.2. The molecule has 1 atom stereocenters. The summed E-state index contributed by atoms with van der Waals surface area (Å²) in [5.41, 5.74) is 0.884. The zero-order valence-electron chi connectivity index (χ0n) is 19.2. The Morgan fingerprint density at radius 2 is 1.79 bits per heavy atom. The van der Waals surface area contributed by atoms with Crippen LogP contribution in [0, 0.1) is 0 Å². The van der Waals surface area contributed by atoms with Crippen LogP contribution in [0.5, 0.6) is 17.2 Å². The predicted octanol–water partition coefficient (Wildman–Crippen LogP) is 3.77. The summed E-state index contributed by atoms with van der Waals surface area (Å²) >= 11 is 0. The summed E-state index contributed by atoms with van der Waals surface area (Å²) in [7, 11) is -3.71. The number of nitrogens with zero attached hydrogens (tertiary/aromatic N) is 1. The Hall–Kier alpha value is -2.94. The number of hydrogen-bond donors (Lipinski definition) is 1. The minimum absolute atomic E-state index is 0.0829. The number of hydrogen-bond acceptors (Lipinski definition) is 6. The highest BCUT2D eigenvalue weighted by Gasteiger charge is 2.39. The molecule has 1 amide bonds. The van der Waals surface area contributed by atoms with Crippen molar-refractivity contribution in [1.82, 2.24) is 5.32 Å². The number of nitrogens with one attached hydrogen (secondary N) is 1. The van der Waals surface area contributed by atoms with Gasteiger partial charge in [-0.15, -0.1) is 0 Å². The van der Waals surface area contributed by atoms with Crippen LogP contribution in [0.2, 0.25) is 0 Å². The highest BCUT2D eigenvalue weighted by atomic mass is 32.2. The molecule has 2 aromatic carbocycles. The zero-order valence-corrected chi connectivity index (χ0v) is 20.0. The number of sulfonamides is 1. The monoisotopic (exact) mass is 474 g/mol. The van der Waals surface area contributed by atoms with E-state index >= 15 is 0 Å². The van der Waals surface area contributed by atoms with Crippen LogP contribution < -0.4 is 23.8 Å². The molecule has 0 bridgehead atoms. The third kappa shape index (κ3) is 4.59. The molecule has 0 aliphatic carbocycles. The van der Waals surface area contributed by atoms with Crippen molar-refractivity contribution in [3.8, 4) is 17.2 Å².